The van der Waals surface area contributed by atoms with Crippen LogP contribution in [-0.4, -0.2) is 17.3 Å². The van der Waals surface area contributed by atoms with Crippen molar-refractivity contribution in [3.05, 3.63) is 35.9 Å². The number of aliphatic hydroxyl groups is 1. The summed E-state index contributed by atoms with van der Waals surface area (Å²) in [5, 5.41) is 9.45. The summed E-state index contributed by atoms with van der Waals surface area (Å²) in [6, 6.07) is 9.70. The largest absolute Gasteiger partial charge is 0.391 e. The third-order valence-electron chi connectivity index (χ3n) is 1.89. The molecule has 1 rings (SSSR count). The van der Waals surface area contributed by atoms with Crippen LogP contribution in [0.15, 0.2) is 30.3 Å². The highest BCUT2D eigenvalue weighted by atomic mass is 16.3. The van der Waals surface area contributed by atoms with E-state index in [-0.39, 0.29) is 6.04 Å². The Bertz CT molecular complexity index is 221. The Hall–Kier alpha value is -0.860. The maximum Gasteiger partial charge on any atom is 0.0728 e. The molecule has 2 nitrogen and oxygen atoms in total. The van der Waals surface area contributed by atoms with E-state index in [4.69, 9.17) is 5.73 Å². The molecule has 2 atom stereocenters. The summed E-state index contributed by atoms with van der Waals surface area (Å²) < 4.78 is 0. The number of rotatable bonds is 3. The van der Waals surface area contributed by atoms with E-state index in [9.17, 15) is 5.11 Å². The zero-order valence-corrected chi connectivity index (χ0v) is 7.27. The van der Waals surface area contributed by atoms with E-state index in [0.717, 1.165) is 5.56 Å². The maximum atomic E-state index is 9.45. The van der Waals surface area contributed by atoms with Crippen LogP contribution < -0.4 is 5.73 Å². The van der Waals surface area contributed by atoms with Crippen LogP contribution in [0.4, 0.5) is 0 Å². The van der Waals surface area contributed by atoms with Crippen molar-refractivity contribution in [2.75, 3.05) is 0 Å². The minimum Gasteiger partial charge on any atom is -0.391 e. The third kappa shape index (κ3) is 2.64. The second kappa shape index (κ2) is 4.24. The third-order valence-corrected chi connectivity index (χ3v) is 1.89. The standard InChI is InChI=1S/C10H15NO/c1-8(11)10(12)7-9-5-3-2-4-6-9/h2-6,8,10,12H,7,11H2,1H3/t8?,10-/m0/s1. The fourth-order valence-electron chi connectivity index (χ4n) is 1.04. The van der Waals surface area contributed by atoms with Gasteiger partial charge in [0.15, 0.2) is 0 Å². The van der Waals surface area contributed by atoms with Gasteiger partial charge in [-0.2, -0.15) is 0 Å². The molecule has 3 N–H and O–H groups in total. The van der Waals surface area contributed by atoms with Gasteiger partial charge in [0.05, 0.1) is 6.10 Å². The van der Waals surface area contributed by atoms with Gasteiger partial charge in [-0.05, 0) is 18.9 Å². The molecule has 0 heterocycles. The van der Waals surface area contributed by atoms with Gasteiger partial charge in [0, 0.05) is 6.04 Å². The summed E-state index contributed by atoms with van der Waals surface area (Å²) in [7, 11) is 0. The van der Waals surface area contributed by atoms with Crippen molar-refractivity contribution in [2.24, 2.45) is 5.73 Å². The van der Waals surface area contributed by atoms with E-state index >= 15 is 0 Å². The van der Waals surface area contributed by atoms with E-state index in [2.05, 4.69) is 0 Å². The molecule has 0 spiro atoms. The maximum absolute atomic E-state index is 9.45. The van der Waals surface area contributed by atoms with Crippen LogP contribution in [-0.2, 0) is 6.42 Å². The van der Waals surface area contributed by atoms with Gasteiger partial charge in [-0.3, -0.25) is 0 Å². The Morgan fingerprint density at radius 1 is 1.33 bits per heavy atom. The number of hydrogen-bond donors (Lipinski definition) is 2. The van der Waals surface area contributed by atoms with Gasteiger partial charge in [-0.25, -0.2) is 0 Å². The van der Waals surface area contributed by atoms with Gasteiger partial charge >= 0.3 is 0 Å². The molecule has 1 unspecified atom stereocenters. The summed E-state index contributed by atoms with van der Waals surface area (Å²) in [5.74, 6) is 0. The molecule has 66 valence electrons. The SMILES string of the molecule is CC(N)[C@@H](O)Cc1ccccc1. The predicted octanol–water partition coefficient (Wildman–Crippen LogP) is 0.937. The van der Waals surface area contributed by atoms with E-state index in [0.29, 0.717) is 6.42 Å². The molecular weight excluding hydrogens is 150 g/mol. The van der Waals surface area contributed by atoms with E-state index in [1.807, 2.05) is 37.3 Å². The topological polar surface area (TPSA) is 46.2 Å². The molecule has 1 aromatic carbocycles. The molecule has 0 radical (unpaired) electrons. The van der Waals surface area contributed by atoms with E-state index in [1.54, 1.807) is 0 Å². The highest BCUT2D eigenvalue weighted by Gasteiger charge is 2.09. The van der Waals surface area contributed by atoms with Gasteiger partial charge in [0.2, 0.25) is 0 Å². The summed E-state index contributed by atoms with van der Waals surface area (Å²) in [6.45, 7) is 1.81. The zero-order chi connectivity index (χ0) is 8.97. The van der Waals surface area contributed by atoms with Gasteiger partial charge in [-0.15, -0.1) is 0 Å². The molecule has 0 saturated carbocycles. The first-order chi connectivity index (χ1) is 5.70. The lowest BCUT2D eigenvalue weighted by Gasteiger charge is -2.13. The quantitative estimate of drug-likeness (QED) is 0.700. The number of nitrogens with two attached hydrogens (primary N) is 1. The molecule has 0 aliphatic rings. The lowest BCUT2D eigenvalue weighted by molar-refractivity contribution is 0.151. The average Bonchev–Trinajstić information content (AvgIpc) is 2.06. The average molecular weight is 165 g/mol. The van der Waals surface area contributed by atoms with Crippen molar-refractivity contribution in [1.29, 1.82) is 0 Å². The second-order valence-corrected chi connectivity index (χ2v) is 3.12. The monoisotopic (exact) mass is 165 g/mol. The van der Waals surface area contributed by atoms with Crippen LogP contribution in [0.3, 0.4) is 0 Å². The van der Waals surface area contributed by atoms with Gasteiger partial charge in [0.1, 0.15) is 0 Å². The number of benzene rings is 1. The predicted molar refractivity (Wildman–Crippen MR) is 49.8 cm³/mol. The normalized spacial score (nSPS) is 15.6. The van der Waals surface area contributed by atoms with Crippen molar-refractivity contribution < 1.29 is 5.11 Å². The summed E-state index contributed by atoms with van der Waals surface area (Å²) >= 11 is 0. The molecule has 12 heavy (non-hydrogen) atoms. The van der Waals surface area contributed by atoms with Crippen LogP contribution in [0.5, 0.6) is 0 Å². The molecule has 0 saturated heterocycles. The van der Waals surface area contributed by atoms with E-state index < -0.39 is 6.10 Å². The fraction of sp³-hybridized carbons (Fsp3) is 0.400. The summed E-state index contributed by atoms with van der Waals surface area (Å²) in [5.41, 5.74) is 6.66. The van der Waals surface area contributed by atoms with Gasteiger partial charge in [0.25, 0.3) is 0 Å². The van der Waals surface area contributed by atoms with Crippen LogP contribution in [0.25, 0.3) is 0 Å². The van der Waals surface area contributed by atoms with Crippen LogP contribution in [0, 0.1) is 0 Å². The molecule has 0 aliphatic carbocycles. The van der Waals surface area contributed by atoms with Gasteiger partial charge < -0.3 is 10.8 Å². The van der Waals surface area contributed by atoms with Gasteiger partial charge in [-0.1, -0.05) is 30.3 Å². The Balaban J connectivity index is 2.53. The first-order valence-corrected chi connectivity index (χ1v) is 4.17. The smallest absolute Gasteiger partial charge is 0.0728 e. The minimum atomic E-state index is -0.438. The van der Waals surface area contributed by atoms with E-state index in [1.165, 1.54) is 0 Å². The van der Waals surface area contributed by atoms with Crippen molar-refractivity contribution in [1.82, 2.24) is 0 Å². The highest BCUT2D eigenvalue weighted by Crippen LogP contribution is 2.04. The molecule has 2 heteroatoms. The Morgan fingerprint density at radius 2 is 1.92 bits per heavy atom. The second-order valence-electron chi connectivity index (χ2n) is 3.12. The summed E-state index contributed by atoms with van der Waals surface area (Å²) in [6.07, 6.45) is 0.200. The molecule has 0 bridgehead atoms. The van der Waals surface area contributed by atoms with Crippen LogP contribution in [0.2, 0.25) is 0 Å². The van der Waals surface area contributed by atoms with Crippen molar-refractivity contribution in [2.45, 2.75) is 25.5 Å². The first-order valence-electron chi connectivity index (χ1n) is 4.17. The molecular formula is C10H15NO. The van der Waals surface area contributed by atoms with Crippen molar-refractivity contribution >= 4 is 0 Å². The highest BCUT2D eigenvalue weighted by molar-refractivity contribution is 5.15. The first kappa shape index (κ1) is 9.23. The Kier molecular flexibility index (Phi) is 3.26. The molecule has 0 aliphatic heterocycles. The fourth-order valence-corrected chi connectivity index (χ4v) is 1.04. The van der Waals surface area contributed by atoms with Crippen LogP contribution in [0.1, 0.15) is 12.5 Å². The molecule has 1 aromatic rings. The Labute approximate surface area is 73.0 Å². The minimum absolute atomic E-state index is 0.162. The summed E-state index contributed by atoms with van der Waals surface area (Å²) in [4.78, 5) is 0. The van der Waals surface area contributed by atoms with Crippen molar-refractivity contribution in [3.8, 4) is 0 Å². The lowest BCUT2D eigenvalue weighted by atomic mass is 10.0. The van der Waals surface area contributed by atoms with Crippen molar-refractivity contribution in [3.63, 3.8) is 0 Å². The Morgan fingerprint density at radius 3 is 2.42 bits per heavy atom. The molecule has 0 fully saturated rings. The molecule has 0 amide bonds. The lowest BCUT2D eigenvalue weighted by Crippen LogP contribution is -2.32. The van der Waals surface area contributed by atoms with Crippen LogP contribution >= 0.6 is 0 Å². The molecule has 0 aromatic heterocycles. The number of hydrogen-bond acceptors (Lipinski definition) is 2. The number of aliphatic hydroxyl groups excluding tert-OH is 1. The zero-order valence-electron chi connectivity index (χ0n) is 7.27.